The summed E-state index contributed by atoms with van der Waals surface area (Å²) in [5.74, 6) is 5.97. The number of fused-ring (bicyclic) bond motifs is 14. The second-order valence-electron chi connectivity index (χ2n) is 25.7. The Morgan fingerprint density at radius 2 is 1.13 bits per heavy atom. The molecule has 2 spiro atoms. The lowest BCUT2D eigenvalue weighted by molar-refractivity contribution is -0.273. The van der Waals surface area contributed by atoms with Gasteiger partial charge in [-0.1, -0.05) is 61.0 Å². The SMILES string of the molecule is C[C@@H]1CC[C@@]2(OC1)O[C@H]1C[C@H]3[C@@H]4C(=O)C=C5C[C@@H](O)CC[C@]5(C)[C@H]4CC[C@]3(C)[C@H]1[C@@H]2C.C[C@@H]1CC[C@@]2(OC1)O[C@H]1C[C@H]3[C@@H]4CC(=O)[C@H]5C[C@@H](O)CC[C@]5(C)[C@H]4CC[C@]3(C)[C@H]1[C@@H]2C. The molecule has 12 aliphatic rings. The highest BCUT2D eigenvalue weighted by Gasteiger charge is 2.72. The summed E-state index contributed by atoms with van der Waals surface area (Å²) in [4.78, 5) is 26.9. The molecule has 4 saturated heterocycles. The summed E-state index contributed by atoms with van der Waals surface area (Å²) < 4.78 is 26.5. The Morgan fingerprint density at radius 3 is 1.73 bits per heavy atom. The highest BCUT2D eigenvalue weighted by Crippen LogP contribution is 2.72. The minimum absolute atomic E-state index is 0.0823. The molecule has 4 heterocycles. The van der Waals surface area contributed by atoms with E-state index in [-0.39, 0.29) is 63.4 Å². The molecule has 62 heavy (non-hydrogen) atoms. The smallest absolute Gasteiger partial charge is 0.171 e. The number of ether oxygens (including phenoxy) is 4. The molecule has 8 aliphatic carbocycles. The summed E-state index contributed by atoms with van der Waals surface area (Å²) in [6.45, 7) is 20.7. The number of carbonyl (C=O) groups is 2. The van der Waals surface area contributed by atoms with Crippen molar-refractivity contribution in [3.63, 3.8) is 0 Å². The molecular formula is C54H82O8. The Hall–Kier alpha value is -1.16. The minimum atomic E-state index is -0.387. The molecule has 8 nitrogen and oxygen atoms in total. The van der Waals surface area contributed by atoms with Gasteiger partial charge in [-0.2, -0.15) is 0 Å². The van der Waals surface area contributed by atoms with Crippen molar-refractivity contribution in [3.05, 3.63) is 11.6 Å². The van der Waals surface area contributed by atoms with Crippen LogP contribution in [0.25, 0.3) is 0 Å². The fourth-order valence-electron chi connectivity index (χ4n) is 19.4. The molecule has 0 unspecified atom stereocenters. The zero-order valence-corrected chi connectivity index (χ0v) is 39.7. The first kappa shape index (κ1) is 43.4. The van der Waals surface area contributed by atoms with E-state index in [4.69, 9.17) is 18.9 Å². The molecule has 12 rings (SSSR count). The fourth-order valence-corrected chi connectivity index (χ4v) is 19.4. The molecule has 23 atom stereocenters. The molecule has 11 fully saturated rings. The van der Waals surface area contributed by atoms with Crippen LogP contribution in [0.15, 0.2) is 11.6 Å². The van der Waals surface area contributed by atoms with Gasteiger partial charge in [0.15, 0.2) is 17.4 Å². The van der Waals surface area contributed by atoms with Gasteiger partial charge in [0.25, 0.3) is 0 Å². The molecule has 0 amide bonds. The van der Waals surface area contributed by atoms with Crippen LogP contribution in [0.1, 0.15) is 165 Å². The maximum atomic E-state index is 13.5. The number of hydrogen-bond acceptors (Lipinski definition) is 8. The van der Waals surface area contributed by atoms with E-state index in [2.05, 4.69) is 55.4 Å². The van der Waals surface area contributed by atoms with Crippen molar-refractivity contribution in [2.45, 2.75) is 201 Å². The van der Waals surface area contributed by atoms with E-state index in [1.807, 2.05) is 6.08 Å². The normalized spacial score (nSPS) is 59.6. The predicted octanol–water partition coefficient (Wildman–Crippen LogP) is 9.87. The number of rotatable bonds is 0. The molecule has 0 aromatic rings. The van der Waals surface area contributed by atoms with Gasteiger partial charge in [0, 0.05) is 42.9 Å². The quantitative estimate of drug-likeness (QED) is 0.248. The maximum absolute atomic E-state index is 13.5. The lowest BCUT2D eigenvalue weighted by Gasteiger charge is -2.60. The van der Waals surface area contributed by atoms with Crippen LogP contribution in [0.3, 0.4) is 0 Å². The highest BCUT2D eigenvalue weighted by molar-refractivity contribution is 5.94. The molecule has 0 aromatic heterocycles. The zero-order valence-electron chi connectivity index (χ0n) is 39.7. The average molecular weight is 859 g/mol. The topological polar surface area (TPSA) is 112 Å². The first-order valence-corrected chi connectivity index (χ1v) is 26.1. The van der Waals surface area contributed by atoms with Gasteiger partial charge in [0.1, 0.15) is 5.78 Å². The Morgan fingerprint density at radius 1 is 0.581 bits per heavy atom. The molecule has 7 saturated carbocycles. The monoisotopic (exact) mass is 859 g/mol. The number of hydrogen-bond donors (Lipinski definition) is 2. The maximum Gasteiger partial charge on any atom is 0.171 e. The Bertz CT molecular complexity index is 1830. The number of carbonyl (C=O) groups excluding carboxylic acids is 2. The molecule has 0 bridgehead atoms. The summed E-state index contributed by atoms with van der Waals surface area (Å²) in [6, 6.07) is 0. The van der Waals surface area contributed by atoms with E-state index in [9.17, 15) is 19.8 Å². The van der Waals surface area contributed by atoms with E-state index in [1.54, 1.807) is 0 Å². The summed E-state index contributed by atoms with van der Waals surface area (Å²) in [5, 5.41) is 20.5. The van der Waals surface area contributed by atoms with Crippen LogP contribution in [-0.4, -0.2) is 71.0 Å². The third kappa shape index (κ3) is 6.02. The van der Waals surface area contributed by atoms with E-state index in [0.717, 1.165) is 77.4 Å². The first-order valence-electron chi connectivity index (χ1n) is 26.1. The van der Waals surface area contributed by atoms with Crippen molar-refractivity contribution in [2.24, 2.45) is 98.6 Å². The molecule has 2 N–H and O–H groups in total. The number of aliphatic hydroxyl groups is 2. The summed E-state index contributed by atoms with van der Waals surface area (Å²) in [6.07, 6.45) is 19.3. The molecule has 0 radical (unpaired) electrons. The average Bonchev–Trinajstić information content (AvgIpc) is 3.88. The largest absolute Gasteiger partial charge is 0.393 e. The molecular weight excluding hydrogens is 777 g/mol. The summed E-state index contributed by atoms with van der Waals surface area (Å²) >= 11 is 0. The van der Waals surface area contributed by atoms with E-state index in [0.29, 0.717) is 95.6 Å². The van der Waals surface area contributed by atoms with Gasteiger partial charge in [-0.15, -0.1) is 0 Å². The van der Waals surface area contributed by atoms with Crippen LogP contribution < -0.4 is 0 Å². The Kier molecular flexibility index (Phi) is 10.3. The van der Waals surface area contributed by atoms with Crippen LogP contribution in [0, 0.1) is 98.6 Å². The summed E-state index contributed by atoms with van der Waals surface area (Å²) in [7, 11) is 0. The third-order valence-corrected chi connectivity index (χ3v) is 22.9. The fraction of sp³-hybridized carbons (Fsp3) is 0.926. The Balaban J connectivity index is 0.000000139. The summed E-state index contributed by atoms with van der Waals surface area (Å²) in [5.41, 5.74) is 1.83. The van der Waals surface area contributed by atoms with Crippen molar-refractivity contribution in [1.82, 2.24) is 0 Å². The third-order valence-electron chi connectivity index (χ3n) is 22.9. The van der Waals surface area contributed by atoms with Crippen LogP contribution >= 0.6 is 0 Å². The van der Waals surface area contributed by atoms with E-state index in [1.165, 1.54) is 37.7 Å². The molecule has 0 aromatic carbocycles. The van der Waals surface area contributed by atoms with Gasteiger partial charge in [0.05, 0.1) is 37.6 Å². The van der Waals surface area contributed by atoms with Crippen LogP contribution in [0.4, 0.5) is 0 Å². The van der Waals surface area contributed by atoms with Crippen molar-refractivity contribution >= 4 is 11.6 Å². The molecule has 346 valence electrons. The van der Waals surface area contributed by atoms with Gasteiger partial charge in [-0.25, -0.2) is 0 Å². The second kappa shape index (κ2) is 14.7. The Labute approximate surface area is 373 Å². The minimum Gasteiger partial charge on any atom is -0.393 e. The van der Waals surface area contributed by atoms with Crippen LogP contribution in [0.2, 0.25) is 0 Å². The van der Waals surface area contributed by atoms with Crippen molar-refractivity contribution in [3.8, 4) is 0 Å². The van der Waals surface area contributed by atoms with Crippen LogP contribution in [0.5, 0.6) is 0 Å². The standard InChI is InChI=1S/C27H40O4.C27H42O4/c1-15-5-10-27(30-14-15)16(2)24-22(31-27)13-20-23-19(7-9-26(20,24)4)25(3)8-6-18(28)11-17(25)12-21(23)29;1-15-5-10-27(30-14-15)16(2)24-23(31-27)13-20-18-12-22(29)21-11-17(28)6-8-25(21,3)19(18)7-9-26(20,24)4/h12,15-16,18-20,22-24,28H,5-11,13-14H2,1-4H3;15-21,23-24,28H,5-14H2,1-4H3/t15-,16+,18+,19+,20+,22+,23-,24+,25+,26+,27-;15-,16+,17+,18-,19+,20+,21-,23+,24+,25-,26+,27-/m11/s1. The number of ketones is 2. The highest BCUT2D eigenvalue weighted by atomic mass is 16.7. The van der Waals surface area contributed by atoms with E-state index < -0.39 is 0 Å². The van der Waals surface area contributed by atoms with Crippen molar-refractivity contribution < 1.29 is 38.7 Å². The van der Waals surface area contributed by atoms with Gasteiger partial charge in [-0.05, 0) is 171 Å². The van der Waals surface area contributed by atoms with Crippen molar-refractivity contribution in [1.29, 1.82) is 0 Å². The van der Waals surface area contributed by atoms with Gasteiger partial charge in [0.2, 0.25) is 0 Å². The lowest BCUT2D eigenvalue weighted by Crippen LogP contribution is -2.57. The number of Topliss-reactive ketones (excluding diaryl/α,β-unsaturated/α-hetero) is 1. The van der Waals surface area contributed by atoms with Crippen molar-refractivity contribution in [2.75, 3.05) is 13.2 Å². The molecule has 4 aliphatic heterocycles. The van der Waals surface area contributed by atoms with E-state index >= 15 is 0 Å². The predicted molar refractivity (Wildman–Crippen MR) is 236 cm³/mol. The van der Waals surface area contributed by atoms with Gasteiger partial charge >= 0.3 is 0 Å². The number of aliphatic hydroxyl groups excluding tert-OH is 2. The first-order chi connectivity index (χ1) is 29.4. The second-order valence-corrected chi connectivity index (χ2v) is 25.7. The van der Waals surface area contributed by atoms with Crippen LogP contribution in [-0.2, 0) is 28.5 Å². The lowest BCUT2D eigenvalue weighted by atomic mass is 9.44. The van der Waals surface area contributed by atoms with Gasteiger partial charge in [-0.3, -0.25) is 9.59 Å². The zero-order chi connectivity index (χ0) is 43.5. The van der Waals surface area contributed by atoms with Gasteiger partial charge < -0.3 is 29.2 Å². The number of allylic oxidation sites excluding steroid dienone is 1. The molecule has 8 heteroatoms.